The molecule has 1 atom stereocenters. The molecule has 0 bridgehead atoms. The lowest BCUT2D eigenvalue weighted by Crippen LogP contribution is -2.17. The summed E-state index contributed by atoms with van der Waals surface area (Å²) >= 11 is 2.98. The van der Waals surface area contributed by atoms with Crippen LogP contribution in [0.25, 0.3) is 0 Å². The van der Waals surface area contributed by atoms with Gasteiger partial charge >= 0.3 is 5.97 Å². The van der Waals surface area contributed by atoms with Crippen molar-refractivity contribution in [2.45, 2.75) is 19.8 Å². The van der Waals surface area contributed by atoms with Crippen LogP contribution < -0.4 is 0 Å². The van der Waals surface area contributed by atoms with Crippen molar-refractivity contribution < 1.29 is 14.7 Å². The minimum atomic E-state index is -0.887. The molecule has 0 saturated carbocycles. The average Bonchev–Trinajstić information content (AvgIpc) is 1.99. The largest absolute Gasteiger partial charge is 0.481 e. The highest BCUT2D eigenvalue weighted by atomic mass is 79.9. The van der Waals surface area contributed by atoms with Crippen LogP contribution in [-0.2, 0) is 9.59 Å². The van der Waals surface area contributed by atoms with Crippen molar-refractivity contribution in [3.63, 3.8) is 0 Å². The molecule has 1 unspecified atom stereocenters. The molecule has 0 aliphatic rings. The first kappa shape index (κ1) is 10.6. The van der Waals surface area contributed by atoms with E-state index in [1.54, 1.807) is 6.92 Å². The molecule has 0 aromatic carbocycles. The molecule has 3 nitrogen and oxygen atoms in total. The van der Waals surface area contributed by atoms with Crippen molar-refractivity contribution in [3.05, 3.63) is 0 Å². The highest BCUT2D eigenvalue weighted by Crippen LogP contribution is 2.09. The molecule has 11 heavy (non-hydrogen) atoms. The topological polar surface area (TPSA) is 54.4 Å². The fraction of sp³-hybridized carbons (Fsp3) is 0.714. The number of carboxylic acids is 1. The van der Waals surface area contributed by atoms with Crippen LogP contribution in [-0.4, -0.2) is 22.2 Å². The van der Waals surface area contributed by atoms with E-state index >= 15 is 0 Å². The number of carbonyl (C=O) groups is 2. The standard InChI is InChI=1S/C7H11BrO3/c1-2-5(7(10)11)3-6(9)4-8/h5H,2-4H2,1H3,(H,10,11). The highest BCUT2D eigenvalue weighted by Gasteiger charge is 2.17. The van der Waals surface area contributed by atoms with E-state index in [2.05, 4.69) is 15.9 Å². The smallest absolute Gasteiger partial charge is 0.306 e. The first-order valence-electron chi connectivity index (χ1n) is 3.42. The molecular formula is C7H11BrO3. The first-order chi connectivity index (χ1) is 5.11. The molecule has 0 radical (unpaired) electrons. The number of carbonyl (C=O) groups excluding carboxylic acids is 1. The van der Waals surface area contributed by atoms with Crippen LogP contribution in [0.1, 0.15) is 19.8 Å². The SMILES string of the molecule is CCC(CC(=O)CBr)C(=O)O. The van der Waals surface area contributed by atoms with Gasteiger partial charge in [-0.05, 0) is 6.42 Å². The van der Waals surface area contributed by atoms with Gasteiger partial charge in [-0.25, -0.2) is 0 Å². The lowest BCUT2D eigenvalue weighted by molar-refractivity contribution is -0.143. The van der Waals surface area contributed by atoms with Gasteiger partial charge in [0, 0.05) is 6.42 Å². The Morgan fingerprint density at radius 3 is 2.36 bits per heavy atom. The summed E-state index contributed by atoms with van der Waals surface area (Å²) < 4.78 is 0. The van der Waals surface area contributed by atoms with Gasteiger partial charge in [-0.2, -0.15) is 0 Å². The first-order valence-corrected chi connectivity index (χ1v) is 4.54. The molecule has 0 amide bonds. The third kappa shape index (κ3) is 4.14. The number of halogens is 1. The Labute approximate surface area is 73.9 Å². The molecular weight excluding hydrogens is 212 g/mol. The third-order valence-corrected chi connectivity index (χ3v) is 2.09. The monoisotopic (exact) mass is 222 g/mol. The second-order valence-electron chi connectivity index (χ2n) is 2.32. The fourth-order valence-corrected chi connectivity index (χ4v) is 0.965. The zero-order valence-electron chi connectivity index (χ0n) is 6.34. The Kier molecular flexibility index (Phi) is 5.11. The minimum Gasteiger partial charge on any atom is -0.481 e. The van der Waals surface area contributed by atoms with E-state index < -0.39 is 11.9 Å². The summed E-state index contributed by atoms with van der Waals surface area (Å²) in [6.07, 6.45) is 0.644. The van der Waals surface area contributed by atoms with Crippen LogP contribution in [0, 0.1) is 5.92 Å². The van der Waals surface area contributed by atoms with E-state index in [0.717, 1.165) is 0 Å². The van der Waals surface area contributed by atoms with Crippen LogP contribution in [0.3, 0.4) is 0 Å². The van der Waals surface area contributed by atoms with E-state index in [1.807, 2.05) is 0 Å². The number of Topliss-reactive ketones (excluding diaryl/α,β-unsaturated/α-hetero) is 1. The molecule has 0 rings (SSSR count). The van der Waals surface area contributed by atoms with E-state index in [4.69, 9.17) is 5.11 Å². The Bertz CT molecular complexity index is 156. The number of ketones is 1. The number of carboxylic acid groups (broad SMARTS) is 1. The number of hydrogen-bond acceptors (Lipinski definition) is 2. The summed E-state index contributed by atoms with van der Waals surface area (Å²) in [5.41, 5.74) is 0. The molecule has 1 N–H and O–H groups in total. The van der Waals surface area contributed by atoms with E-state index in [1.165, 1.54) is 0 Å². The fourth-order valence-electron chi connectivity index (χ4n) is 0.736. The summed E-state index contributed by atoms with van der Waals surface area (Å²) in [7, 11) is 0. The third-order valence-electron chi connectivity index (χ3n) is 1.47. The average molecular weight is 223 g/mol. The number of rotatable bonds is 5. The van der Waals surface area contributed by atoms with Crippen molar-refractivity contribution in [2.75, 3.05) is 5.33 Å². The summed E-state index contributed by atoms with van der Waals surface area (Å²) in [5.74, 6) is -1.46. The van der Waals surface area contributed by atoms with Gasteiger partial charge in [0.1, 0.15) is 5.78 Å². The zero-order valence-corrected chi connectivity index (χ0v) is 7.93. The Morgan fingerprint density at radius 2 is 2.09 bits per heavy atom. The summed E-state index contributed by atoms with van der Waals surface area (Å²) in [4.78, 5) is 21.2. The van der Waals surface area contributed by atoms with Crippen molar-refractivity contribution in [1.82, 2.24) is 0 Å². The second kappa shape index (κ2) is 5.29. The minimum absolute atomic E-state index is 0.0562. The molecule has 0 heterocycles. The molecule has 0 aromatic rings. The van der Waals surface area contributed by atoms with Gasteiger partial charge in [-0.15, -0.1) is 0 Å². The maximum absolute atomic E-state index is 10.8. The molecule has 0 aliphatic heterocycles. The quantitative estimate of drug-likeness (QED) is 0.717. The van der Waals surface area contributed by atoms with Crippen LogP contribution in [0.2, 0.25) is 0 Å². The second-order valence-corrected chi connectivity index (χ2v) is 2.88. The molecule has 0 aliphatic carbocycles. The summed E-state index contributed by atoms with van der Waals surface area (Å²) in [6, 6.07) is 0. The number of aliphatic carboxylic acids is 1. The van der Waals surface area contributed by atoms with Crippen LogP contribution >= 0.6 is 15.9 Å². The van der Waals surface area contributed by atoms with Crippen molar-refractivity contribution in [3.8, 4) is 0 Å². The van der Waals surface area contributed by atoms with E-state index in [-0.39, 0.29) is 17.5 Å². The van der Waals surface area contributed by atoms with Gasteiger partial charge in [-0.1, -0.05) is 22.9 Å². The van der Waals surface area contributed by atoms with E-state index in [9.17, 15) is 9.59 Å². The molecule has 0 fully saturated rings. The van der Waals surface area contributed by atoms with Crippen molar-refractivity contribution in [1.29, 1.82) is 0 Å². The molecule has 0 aromatic heterocycles. The Balaban J connectivity index is 3.88. The predicted molar refractivity (Wildman–Crippen MR) is 44.8 cm³/mol. The zero-order chi connectivity index (χ0) is 8.85. The molecule has 4 heteroatoms. The van der Waals surface area contributed by atoms with Gasteiger partial charge in [0.2, 0.25) is 0 Å². The Morgan fingerprint density at radius 1 is 1.55 bits per heavy atom. The normalized spacial score (nSPS) is 12.5. The van der Waals surface area contributed by atoms with Crippen LogP contribution in [0.15, 0.2) is 0 Å². The molecule has 0 spiro atoms. The van der Waals surface area contributed by atoms with Gasteiger partial charge in [-0.3, -0.25) is 9.59 Å². The van der Waals surface area contributed by atoms with Crippen molar-refractivity contribution >= 4 is 27.7 Å². The van der Waals surface area contributed by atoms with Gasteiger partial charge in [0.15, 0.2) is 0 Å². The van der Waals surface area contributed by atoms with Crippen LogP contribution in [0.5, 0.6) is 0 Å². The number of alkyl halides is 1. The van der Waals surface area contributed by atoms with Gasteiger partial charge in [0.05, 0.1) is 11.2 Å². The maximum Gasteiger partial charge on any atom is 0.306 e. The molecule has 64 valence electrons. The lowest BCUT2D eigenvalue weighted by Gasteiger charge is -2.05. The van der Waals surface area contributed by atoms with E-state index in [0.29, 0.717) is 6.42 Å². The van der Waals surface area contributed by atoms with Gasteiger partial charge < -0.3 is 5.11 Å². The summed E-state index contributed by atoms with van der Waals surface area (Å²) in [6.45, 7) is 1.76. The summed E-state index contributed by atoms with van der Waals surface area (Å²) in [5, 5.41) is 8.80. The highest BCUT2D eigenvalue weighted by molar-refractivity contribution is 9.09. The van der Waals surface area contributed by atoms with Crippen LogP contribution in [0.4, 0.5) is 0 Å². The molecule has 0 saturated heterocycles. The van der Waals surface area contributed by atoms with Gasteiger partial charge in [0.25, 0.3) is 0 Å². The van der Waals surface area contributed by atoms with Crippen molar-refractivity contribution in [2.24, 2.45) is 5.92 Å². The lowest BCUT2D eigenvalue weighted by atomic mass is 10.0. The maximum atomic E-state index is 10.8. The number of hydrogen-bond donors (Lipinski definition) is 1. The predicted octanol–water partition coefficient (Wildman–Crippen LogP) is 1.45. The Hall–Kier alpha value is -0.380.